The van der Waals surface area contributed by atoms with Crippen molar-refractivity contribution in [3.63, 3.8) is 0 Å². The average Bonchev–Trinajstić information content (AvgIpc) is 3.12. The summed E-state index contributed by atoms with van der Waals surface area (Å²) in [6.07, 6.45) is 0.0605. The first-order valence-electron chi connectivity index (χ1n) is 6.42. The lowest BCUT2D eigenvalue weighted by atomic mass is 10.2. The summed E-state index contributed by atoms with van der Waals surface area (Å²) in [7, 11) is 0. The molecular formula is C15H13N3O2S. The van der Waals surface area contributed by atoms with Gasteiger partial charge in [-0.15, -0.1) is 10.2 Å². The Morgan fingerprint density at radius 2 is 2.05 bits per heavy atom. The molecule has 0 unspecified atom stereocenters. The monoisotopic (exact) mass is 299 g/mol. The fourth-order valence-electron chi connectivity index (χ4n) is 1.81. The molecule has 0 aliphatic rings. The number of carbonyl (C=O) groups excluding carboxylic acids is 1. The van der Waals surface area contributed by atoms with Gasteiger partial charge in [-0.05, 0) is 30.5 Å². The van der Waals surface area contributed by atoms with Crippen LogP contribution < -0.4 is 5.32 Å². The molecule has 2 aromatic heterocycles. The van der Waals surface area contributed by atoms with E-state index >= 15 is 0 Å². The molecule has 0 saturated heterocycles. The lowest BCUT2D eigenvalue weighted by Gasteiger charge is -2.03. The zero-order valence-electron chi connectivity index (χ0n) is 11.4. The molecule has 0 aliphatic heterocycles. The molecule has 0 spiro atoms. The van der Waals surface area contributed by atoms with Gasteiger partial charge >= 0.3 is 0 Å². The molecule has 2 heterocycles. The van der Waals surface area contributed by atoms with Crippen molar-refractivity contribution in [1.82, 2.24) is 10.2 Å². The topological polar surface area (TPSA) is 68.0 Å². The second-order valence-corrected chi connectivity index (χ2v) is 5.38. The van der Waals surface area contributed by atoms with E-state index in [0.29, 0.717) is 11.8 Å². The van der Waals surface area contributed by atoms with Crippen LogP contribution >= 0.6 is 11.3 Å². The number of rotatable bonds is 4. The zero-order chi connectivity index (χ0) is 14.7. The molecule has 3 aromatic rings. The summed E-state index contributed by atoms with van der Waals surface area (Å²) < 4.78 is 5.48. The van der Waals surface area contributed by atoms with Crippen LogP contribution in [0.25, 0.3) is 11.5 Å². The molecule has 1 amide bonds. The quantitative estimate of drug-likeness (QED) is 0.802. The molecule has 0 fully saturated rings. The van der Waals surface area contributed by atoms with Gasteiger partial charge in [0.1, 0.15) is 6.42 Å². The Kier molecular flexibility index (Phi) is 3.79. The van der Waals surface area contributed by atoms with Crippen LogP contribution in [0.5, 0.6) is 0 Å². The molecular weight excluding hydrogens is 286 g/mol. The van der Waals surface area contributed by atoms with Crippen molar-refractivity contribution >= 4 is 22.9 Å². The van der Waals surface area contributed by atoms with Crippen LogP contribution in [0.4, 0.5) is 5.69 Å². The van der Waals surface area contributed by atoms with Crippen molar-refractivity contribution in [3.8, 4) is 11.5 Å². The molecule has 5 nitrogen and oxygen atoms in total. The van der Waals surface area contributed by atoms with Gasteiger partial charge < -0.3 is 9.73 Å². The number of aromatic nitrogens is 2. The number of thiophene rings is 1. The van der Waals surface area contributed by atoms with E-state index in [2.05, 4.69) is 15.5 Å². The zero-order valence-corrected chi connectivity index (χ0v) is 12.2. The van der Waals surface area contributed by atoms with Crippen LogP contribution in [0.15, 0.2) is 45.5 Å². The van der Waals surface area contributed by atoms with Crippen LogP contribution in [-0.2, 0) is 11.2 Å². The molecule has 0 atom stereocenters. The first-order chi connectivity index (χ1) is 10.2. The highest BCUT2D eigenvalue weighted by Gasteiger charge is 2.12. The second-order valence-electron chi connectivity index (χ2n) is 4.60. The largest absolute Gasteiger partial charge is 0.420 e. The number of aryl methyl sites for hydroxylation is 1. The first kappa shape index (κ1) is 13.5. The van der Waals surface area contributed by atoms with Gasteiger partial charge in [0.05, 0.1) is 0 Å². The normalized spacial score (nSPS) is 10.5. The second kappa shape index (κ2) is 5.88. The number of hydrogen-bond acceptors (Lipinski definition) is 5. The summed E-state index contributed by atoms with van der Waals surface area (Å²) in [5.74, 6) is 0.564. The average molecular weight is 299 g/mol. The summed E-state index contributed by atoms with van der Waals surface area (Å²) in [6, 6.07) is 9.50. The third-order valence-electron chi connectivity index (χ3n) is 2.88. The van der Waals surface area contributed by atoms with Crippen LogP contribution in [0.3, 0.4) is 0 Å². The van der Waals surface area contributed by atoms with Crippen molar-refractivity contribution in [2.75, 3.05) is 5.32 Å². The van der Waals surface area contributed by atoms with E-state index in [-0.39, 0.29) is 12.3 Å². The summed E-state index contributed by atoms with van der Waals surface area (Å²) in [6.45, 7) is 2.00. The highest BCUT2D eigenvalue weighted by molar-refractivity contribution is 7.08. The molecule has 106 valence electrons. The predicted octanol–water partition coefficient (Wildman–Crippen LogP) is 3.29. The van der Waals surface area contributed by atoms with Crippen LogP contribution in [0, 0.1) is 6.92 Å². The number of nitrogens with zero attached hydrogens (tertiary/aromatic N) is 2. The number of hydrogen-bond donors (Lipinski definition) is 1. The van der Waals surface area contributed by atoms with E-state index in [4.69, 9.17) is 4.42 Å². The minimum atomic E-state index is -0.181. The standard InChI is InChI=1S/C15H13N3O2S/c1-10-2-4-12(5-3-10)16-13(19)8-14-17-18-15(20-14)11-6-7-21-9-11/h2-7,9H,8H2,1H3,(H,16,19). The smallest absolute Gasteiger partial charge is 0.248 e. The SMILES string of the molecule is Cc1ccc(NC(=O)Cc2nnc(-c3ccsc3)o2)cc1. The maximum Gasteiger partial charge on any atom is 0.248 e. The first-order valence-corrected chi connectivity index (χ1v) is 7.36. The third-order valence-corrected chi connectivity index (χ3v) is 3.57. The van der Waals surface area contributed by atoms with Crippen LogP contribution in [-0.4, -0.2) is 16.1 Å². The molecule has 1 N–H and O–H groups in total. The molecule has 0 aliphatic carbocycles. The van der Waals surface area contributed by atoms with E-state index in [1.165, 1.54) is 0 Å². The summed E-state index contributed by atoms with van der Waals surface area (Å²) in [4.78, 5) is 11.9. The Morgan fingerprint density at radius 3 is 2.76 bits per heavy atom. The third kappa shape index (κ3) is 3.35. The van der Waals surface area contributed by atoms with Gasteiger partial charge in [0.2, 0.25) is 17.7 Å². The lowest BCUT2D eigenvalue weighted by molar-refractivity contribution is -0.115. The Balaban J connectivity index is 1.64. The van der Waals surface area contributed by atoms with Gasteiger partial charge in [-0.1, -0.05) is 17.7 Å². The highest BCUT2D eigenvalue weighted by Crippen LogP contribution is 2.20. The minimum absolute atomic E-state index is 0.0605. The van der Waals surface area contributed by atoms with E-state index in [1.807, 2.05) is 48.0 Å². The highest BCUT2D eigenvalue weighted by atomic mass is 32.1. The molecule has 3 rings (SSSR count). The number of nitrogens with one attached hydrogen (secondary N) is 1. The van der Waals surface area contributed by atoms with Gasteiger partial charge in [0.15, 0.2) is 0 Å². The predicted molar refractivity (Wildman–Crippen MR) is 81.1 cm³/mol. The molecule has 0 saturated carbocycles. The van der Waals surface area contributed by atoms with E-state index < -0.39 is 0 Å². The number of carbonyl (C=O) groups is 1. The van der Waals surface area contributed by atoms with E-state index in [9.17, 15) is 4.79 Å². The molecule has 21 heavy (non-hydrogen) atoms. The summed E-state index contributed by atoms with van der Waals surface area (Å²) in [5, 5.41) is 14.5. The summed E-state index contributed by atoms with van der Waals surface area (Å²) >= 11 is 1.55. The van der Waals surface area contributed by atoms with E-state index in [0.717, 1.165) is 16.8 Å². The maximum atomic E-state index is 11.9. The van der Waals surface area contributed by atoms with Gasteiger partial charge in [-0.3, -0.25) is 4.79 Å². The van der Waals surface area contributed by atoms with Crippen LogP contribution in [0.2, 0.25) is 0 Å². The fourth-order valence-corrected chi connectivity index (χ4v) is 2.44. The van der Waals surface area contributed by atoms with Crippen molar-refractivity contribution in [2.24, 2.45) is 0 Å². The van der Waals surface area contributed by atoms with Crippen molar-refractivity contribution in [3.05, 3.63) is 52.5 Å². The Bertz CT molecular complexity index is 733. The Morgan fingerprint density at radius 1 is 1.24 bits per heavy atom. The van der Waals surface area contributed by atoms with Gasteiger partial charge in [0, 0.05) is 16.6 Å². The molecule has 0 bridgehead atoms. The minimum Gasteiger partial charge on any atom is -0.420 e. The molecule has 6 heteroatoms. The van der Waals surface area contributed by atoms with Gasteiger partial charge in [-0.25, -0.2) is 0 Å². The van der Waals surface area contributed by atoms with Gasteiger partial charge in [-0.2, -0.15) is 11.3 Å². The Hall–Kier alpha value is -2.47. The van der Waals surface area contributed by atoms with Crippen LogP contribution in [0.1, 0.15) is 11.5 Å². The van der Waals surface area contributed by atoms with Gasteiger partial charge in [0.25, 0.3) is 0 Å². The Labute approximate surface area is 125 Å². The molecule has 1 aromatic carbocycles. The molecule has 0 radical (unpaired) electrons. The van der Waals surface area contributed by atoms with E-state index in [1.54, 1.807) is 11.3 Å². The maximum absolute atomic E-state index is 11.9. The summed E-state index contributed by atoms with van der Waals surface area (Å²) in [5.41, 5.74) is 2.77. The van der Waals surface area contributed by atoms with Crippen molar-refractivity contribution < 1.29 is 9.21 Å². The number of anilines is 1. The lowest BCUT2D eigenvalue weighted by Crippen LogP contribution is -2.14. The number of benzene rings is 1. The fraction of sp³-hybridized carbons (Fsp3) is 0.133. The van der Waals surface area contributed by atoms with Crippen molar-refractivity contribution in [2.45, 2.75) is 13.3 Å². The van der Waals surface area contributed by atoms with Crippen molar-refractivity contribution in [1.29, 1.82) is 0 Å². The number of amides is 1.